The molecule has 0 aromatic rings. The van der Waals surface area contributed by atoms with Crippen LogP contribution in [0.4, 0.5) is 0 Å². The molecule has 0 aromatic carbocycles. The number of carboxylic acid groups (broad SMARTS) is 1. The maximum Gasteiger partial charge on any atom is 0.337 e. The van der Waals surface area contributed by atoms with Gasteiger partial charge in [0.05, 0.1) is 6.61 Å². The normalized spacial score (nSPS) is 13.9. The molecule has 0 aliphatic rings. The number of aliphatic carboxylic acids is 1. The van der Waals surface area contributed by atoms with Crippen LogP contribution in [0.3, 0.4) is 0 Å². The van der Waals surface area contributed by atoms with Crippen LogP contribution in [-0.2, 0) is 19.1 Å². The van der Waals surface area contributed by atoms with Gasteiger partial charge in [0.1, 0.15) is 6.29 Å². The molecule has 0 aliphatic carbocycles. The first kappa shape index (κ1) is 14.6. The Hall–Kier alpha value is -1.43. The first-order valence-electron chi connectivity index (χ1n) is 5.12. The third-order valence-electron chi connectivity index (χ3n) is 2.13. The maximum absolute atomic E-state index is 11.4. The summed E-state index contributed by atoms with van der Waals surface area (Å²) in [6.45, 7) is 2.05. The molecular weight excluding hydrogens is 214 g/mol. The second-order valence-electron chi connectivity index (χ2n) is 3.47. The Morgan fingerprint density at radius 1 is 1.50 bits per heavy atom. The van der Waals surface area contributed by atoms with E-state index in [1.54, 1.807) is 0 Å². The molecule has 1 unspecified atom stereocenters. The minimum absolute atomic E-state index is 0.0916. The first-order valence-corrected chi connectivity index (χ1v) is 5.12. The molecule has 0 amide bonds. The highest BCUT2D eigenvalue weighted by atomic mass is 16.5. The molecule has 0 aliphatic heterocycles. The Morgan fingerprint density at radius 3 is 2.56 bits per heavy atom. The lowest BCUT2D eigenvalue weighted by atomic mass is 9.95. The standard InChI is InChI=1S/C10H17NO5/c1-2-3-7-16-9(15)10(11,8(13)14)5-4-6-12/h6H,2-5,7,11H2,1H3,(H,13,14). The summed E-state index contributed by atoms with van der Waals surface area (Å²) in [7, 11) is 0. The fourth-order valence-corrected chi connectivity index (χ4v) is 1.02. The number of unbranched alkanes of at least 4 members (excludes halogenated alkanes) is 1. The molecule has 0 saturated heterocycles. The van der Waals surface area contributed by atoms with Gasteiger partial charge in [0, 0.05) is 6.42 Å². The van der Waals surface area contributed by atoms with Crippen LogP contribution in [0.2, 0.25) is 0 Å². The number of carboxylic acids is 1. The predicted molar refractivity (Wildman–Crippen MR) is 55.7 cm³/mol. The molecular formula is C10H17NO5. The van der Waals surface area contributed by atoms with Crippen LogP contribution in [0, 0.1) is 0 Å². The van der Waals surface area contributed by atoms with E-state index in [2.05, 4.69) is 0 Å². The Balaban J connectivity index is 4.44. The molecule has 0 rings (SSSR count). The van der Waals surface area contributed by atoms with Crippen molar-refractivity contribution in [2.75, 3.05) is 6.61 Å². The van der Waals surface area contributed by atoms with Gasteiger partial charge in [0.2, 0.25) is 5.54 Å². The molecule has 16 heavy (non-hydrogen) atoms. The number of carbonyl (C=O) groups excluding carboxylic acids is 2. The minimum atomic E-state index is -2.12. The zero-order valence-corrected chi connectivity index (χ0v) is 9.27. The fourth-order valence-electron chi connectivity index (χ4n) is 1.02. The summed E-state index contributed by atoms with van der Waals surface area (Å²) in [6.07, 6.45) is 1.65. The third-order valence-corrected chi connectivity index (χ3v) is 2.13. The molecule has 92 valence electrons. The predicted octanol–water partition coefficient (Wildman–Crippen LogP) is 0.0909. The van der Waals surface area contributed by atoms with Crippen LogP contribution in [0.15, 0.2) is 0 Å². The molecule has 0 saturated carbocycles. The number of hydrogen-bond donors (Lipinski definition) is 2. The Labute approximate surface area is 93.8 Å². The summed E-state index contributed by atoms with van der Waals surface area (Å²) in [5.41, 5.74) is 3.30. The highest BCUT2D eigenvalue weighted by Crippen LogP contribution is 2.12. The highest BCUT2D eigenvalue weighted by Gasteiger charge is 2.43. The number of esters is 1. The van der Waals surface area contributed by atoms with E-state index in [4.69, 9.17) is 15.6 Å². The van der Waals surface area contributed by atoms with E-state index in [0.29, 0.717) is 12.7 Å². The van der Waals surface area contributed by atoms with Crippen LogP contribution >= 0.6 is 0 Å². The molecule has 0 aromatic heterocycles. The molecule has 0 radical (unpaired) electrons. The average Bonchev–Trinajstić information content (AvgIpc) is 2.25. The molecule has 0 bridgehead atoms. The monoisotopic (exact) mass is 231 g/mol. The SMILES string of the molecule is CCCCOC(=O)C(N)(CCC=O)C(=O)O. The van der Waals surface area contributed by atoms with Crippen molar-refractivity contribution >= 4 is 18.2 Å². The summed E-state index contributed by atoms with van der Waals surface area (Å²) in [5, 5.41) is 8.84. The van der Waals surface area contributed by atoms with Gasteiger partial charge in [-0.15, -0.1) is 0 Å². The van der Waals surface area contributed by atoms with Crippen LogP contribution < -0.4 is 5.73 Å². The summed E-state index contributed by atoms with van der Waals surface area (Å²) >= 11 is 0. The Kier molecular flexibility index (Phi) is 6.32. The van der Waals surface area contributed by atoms with Gasteiger partial charge in [-0.25, -0.2) is 9.59 Å². The van der Waals surface area contributed by atoms with E-state index in [0.717, 1.165) is 6.42 Å². The average molecular weight is 231 g/mol. The van der Waals surface area contributed by atoms with Gasteiger partial charge in [0.15, 0.2) is 0 Å². The molecule has 0 spiro atoms. The number of rotatable bonds is 8. The summed E-state index contributed by atoms with van der Waals surface area (Å²) in [6, 6.07) is 0. The van der Waals surface area contributed by atoms with Gasteiger partial charge in [-0.3, -0.25) is 0 Å². The Bertz CT molecular complexity index is 266. The van der Waals surface area contributed by atoms with E-state index in [9.17, 15) is 14.4 Å². The Morgan fingerprint density at radius 2 is 2.12 bits per heavy atom. The van der Waals surface area contributed by atoms with Crippen molar-refractivity contribution in [1.82, 2.24) is 0 Å². The minimum Gasteiger partial charge on any atom is -0.479 e. The van der Waals surface area contributed by atoms with E-state index >= 15 is 0 Å². The van der Waals surface area contributed by atoms with Crippen LogP contribution in [0.25, 0.3) is 0 Å². The summed E-state index contributed by atoms with van der Waals surface area (Å²) in [4.78, 5) is 32.5. The smallest absolute Gasteiger partial charge is 0.337 e. The van der Waals surface area contributed by atoms with Gasteiger partial charge in [-0.2, -0.15) is 0 Å². The number of aldehydes is 1. The molecule has 0 heterocycles. The molecule has 3 N–H and O–H groups in total. The van der Waals surface area contributed by atoms with E-state index in [-0.39, 0.29) is 19.4 Å². The number of hydrogen-bond acceptors (Lipinski definition) is 5. The number of nitrogens with two attached hydrogens (primary N) is 1. The van der Waals surface area contributed by atoms with Crippen molar-refractivity contribution < 1.29 is 24.2 Å². The van der Waals surface area contributed by atoms with E-state index in [1.165, 1.54) is 0 Å². The van der Waals surface area contributed by atoms with Gasteiger partial charge in [-0.05, 0) is 12.8 Å². The quantitative estimate of drug-likeness (QED) is 0.265. The second kappa shape index (κ2) is 6.95. The van der Waals surface area contributed by atoms with Crippen molar-refractivity contribution in [3.05, 3.63) is 0 Å². The highest BCUT2D eigenvalue weighted by molar-refractivity contribution is 6.03. The van der Waals surface area contributed by atoms with Crippen molar-refractivity contribution in [3.8, 4) is 0 Å². The first-order chi connectivity index (χ1) is 7.49. The second-order valence-corrected chi connectivity index (χ2v) is 3.47. The number of carbonyl (C=O) groups is 3. The maximum atomic E-state index is 11.4. The lowest BCUT2D eigenvalue weighted by molar-refractivity contribution is -0.161. The molecule has 1 atom stereocenters. The summed E-state index contributed by atoms with van der Waals surface area (Å²) in [5.74, 6) is -2.47. The zero-order valence-electron chi connectivity index (χ0n) is 9.27. The lowest BCUT2D eigenvalue weighted by Crippen LogP contribution is -2.55. The van der Waals surface area contributed by atoms with Crippen LogP contribution in [-0.4, -0.2) is 35.5 Å². The van der Waals surface area contributed by atoms with Crippen LogP contribution in [0.1, 0.15) is 32.6 Å². The van der Waals surface area contributed by atoms with Gasteiger partial charge >= 0.3 is 11.9 Å². The van der Waals surface area contributed by atoms with Crippen molar-refractivity contribution in [3.63, 3.8) is 0 Å². The van der Waals surface area contributed by atoms with Crippen molar-refractivity contribution in [2.24, 2.45) is 5.73 Å². The number of ether oxygens (including phenoxy) is 1. The molecule has 6 heteroatoms. The van der Waals surface area contributed by atoms with Crippen LogP contribution in [0.5, 0.6) is 0 Å². The van der Waals surface area contributed by atoms with Gasteiger partial charge in [0.25, 0.3) is 0 Å². The topological polar surface area (TPSA) is 107 Å². The van der Waals surface area contributed by atoms with Gasteiger partial charge < -0.3 is 20.4 Å². The lowest BCUT2D eigenvalue weighted by Gasteiger charge is -2.21. The fraction of sp³-hybridized carbons (Fsp3) is 0.700. The third kappa shape index (κ3) is 3.98. The largest absolute Gasteiger partial charge is 0.479 e. The van der Waals surface area contributed by atoms with Crippen molar-refractivity contribution in [1.29, 1.82) is 0 Å². The van der Waals surface area contributed by atoms with E-state index < -0.39 is 17.5 Å². The van der Waals surface area contributed by atoms with Crippen molar-refractivity contribution in [2.45, 2.75) is 38.1 Å². The molecule has 0 fully saturated rings. The van der Waals surface area contributed by atoms with E-state index in [1.807, 2.05) is 6.92 Å². The zero-order chi connectivity index (χ0) is 12.6. The van der Waals surface area contributed by atoms with Gasteiger partial charge in [-0.1, -0.05) is 13.3 Å². The summed E-state index contributed by atoms with van der Waals surface area (Å²) < 4.78 is 4.75. The molecule has 6 nitrogen and oxygen atoms in total.